The number of fused-ring (bicyclic) bond motifs is 1. The number of hydrogen-bond acceptors (Lipinski definition) is 5. The van der Waals surface area contributed by atoms with E-state index >= 15 is 0 Å². The van der Waals surface area contributed by atoms with Crippen LogP contribution >= 0.6 is 0 Å². The molecule has 18 heavy (non-hydrogen) atoms. The molecule has 90 valence electrons. The van der Waals surface area contributed by atoms with E-state index < -0.39 is 0 Å². The Kier molecular flexibility index (Phi) is 2.37. The topological polar surface area (TPSA) is 74.2 Å². The monoisotopic (exact) mass is 241 g/mol. The summed E-state index contributed by atoms with van der Waals surface area (Å²) in [4.78, 5) is 8.20. The molecule has 0 bridgehead atoms. The molecule has 5 heteroatoms. The first-order valence-corrected chi connectivity index (χ1v) is 5.41. The molecule has 0 aromatic carbocycles. The van der Waals surface area contributed by atoms with Crippen LogP contribution < -0.4 is 10.5 Å². The van der Waals surface area contributed by atoms with Gasteiger partial charge in [0.25, 0.3) is 0 Å². The highest BCUT2D eigenvalue weighted by atomic mass is 16.5. The van der Waals surface area contributed by atoms with Gasteiger partial charge in [0.1, 0.15) is 17.0 Å². The zero-order chi connectivity index (χ0) is 12.5. The van der Waals surface area contributed by atoms with E-state index in [4.69, 9.17) is 14.9 Å². The van der Waals surface area contributed by atoms with Crippen LogP contribution in [0.15, 0.2) is 41.2 Å². The molecule has 0 amide bonds. The summed E-state index contributed by atoms with van der Waals surface area (Å²) in [6, 6.07) is 5.45. The van der Waals surface area contributed by atoms with Gasteiger partial charge < -0.3 is 14.9 Å². The maximum atomic E-state index is 5.86. The van der Waals surface area contributed by atoms with Gasteiger partial charge in [-0.15, -0.1) is 0 Å². The molecule has 0 spiro atoms. The minimum atomic E-state index is 0.573. The molecule has 0 unspecified atom stereocenters. The van der Waals surface area contributed by atoms with Crippen molar-refractivity contribution in [2.45, 2.75) is 0 Å². The van der Waals surface area contributed by atoms with Gasteiger partial charge in [-0.2, -0.15) is 0 Å². The number of rotatable bonds is 2. The zero-order valence-electron chi connectivity index (χ0n) is 9.75. The minimum absolute atomic E-state index is 0.573. The van der Waals surface area contributed by atoms with Crippen LogP contribution in [-0.2, 0) is 0 Å². The fourth-order valence-electron chi connectivity index (χ4n) is 1.77. The highest BCUT2D eigenvalue weighted by Gasteiger charge is 2.10. The van der Waals surface area contributed by atoms with Gasteiger partial charge in [0.2, 0.25) is 0 Å². The van der Waals surface area contributed by atoms with Crippen LogP contribution in [0.25, 0.3) is 22.4 Å². The van der Waals surface area contributed by atoms with Crippen molar-refractivity contribution in [1.82, 2.24) is 9.97 Å². The zero-order valence-corrected chi connectivity index (χ0v) is 9.75. The Morgan fingerprint density at radius 1 is 1.28 bits per heavy atom. The third-order valence-electron chi connectivity index (χ3n) is 2.70. The van der Waals surface area contributed by atoms with Gasteiger partial charge in [-0.3, -0.25) is 4.98 Å². The standard InChI is InChI=1S/C13H11N3O2/c1-17-8-4-13-11(16-6-8)5-12(18-13)9-2-3-15-7-10(9)14/h2-7H,14H2,1H3. The van der Waals surface area contributed by atoms with Gasteiger partial charge in [-0.25, -0.2) is 4.98 Å². The first kappa shape index (κ1) is 10.6. The number of anilines is 1. The molecule has 3 heterocycles. The summed E-state index contributed by atoms with van der Waals surface area (Å²) >= 11 is 0. The quantitative estimate of drug-likeness (QED) is 0.746. The summed E-state index contributed by atoms with van der Waals surface area (Å²) in [6.07, 6.45) is 4.92. The number of nitrogens with two attached hydrogens (primary N) is 1. The van der Waals surface area contributed by atoms with Crippen molar-refractivity contribution in [3.63, 3.8) is 0 Å². The third kappa shape index (κ3) is 1.66. The first-order chi connectivity index (χ1) is 8.78. The first-order valence-electron chi connectivity index (χ1n) is 5.41. The lowest BCUT2D eigenvalue weighted by Crippen LogP contribution is -1.89. The Morgan fingerprint density at radius 2 is 2.17 bits per heavy atom. The van der Waals surface area contributed by atoms with E-state index in [1.807, 2.05) is 12.1 Å². The van der Waals surface area contributed by atoms with Crippen molar-refractivity contribution in [3.8, 4) is 17.1 Å². The Bertz CT molecular complexity index is 706. The minimum Gasteiger partial charge on any atom is -0.495 e. The molecule has 0 atom stereocenters. The summed E-state index contributed by atoms with van der Waals surface area (Å²) in [7, 11) is 1.59. The van der Waals surface area contributed by atoms with E-state index in [9.17, 15) is 0 Å². The van der Waals surface area contributed by atoms with Crippen molar-refractivity contribution >= 4 is 16.8 Å². The fraction of sp³-hybridized carbons (Fsp3) is 0.0769. The molecule has 0 aliphatic rings. The highest BCUT2D eigenvalue weighted by Crippen LogP contribution is 2.31. The van der Waals surface area contributed by atoms with Crippen LogP contribution in [0.1, 0.15) is 0 Å². The smallest absolute Gasteiger partial charge is 0.156 e. The van der Waals surface area contributed by atoms with E-state index in [0.717, 1.165) is 11.1 Å². The van der Waals surface area contributed by atoms with E-state index in [-0.39, 0.29) is 0 Å². The molecule has 0 saturated carbocycles. The predicted molar refractivity (Wildman–Crippen MR) is 68.2 cm³/mol. The van der Waals surface area contributed by atoms with Crippen molar-refractivity contribution in [2.24, 2.45) is 0 Å². The van der Waals surface area contributed by atoms with Crippen molar-refractivity contribution in [2.75, 3.05) is 12.8 Å². The Balaban J connectivity index is 2.17. The molecule has 3 rings (SSSR count). The van der Waals surface area contributed by atoms with Gasteiger partial charge in [0.15, 0.2) is 5.58 Å². The number of methoxy groups -OCH3 is 1. The average Bonchev–Trinajstić information content (AvgIpc) is 2.81. The van der Waals surface area contributed by atoms with E-state index in [1.54, 1.807) is 31.8 Å². The van der Waals surface area contributed by atoms with Crippen LogP contribution in [0.3, 0.4) is 0 Å². The second-order valence-corrected chi connectivity index (χ2v) is 3.83. The number of aromatic nitrogens is 2. The molecule has 2 N–H and O–H groups in total. The Labute approximate surface area is 103 Å². The van der Waals surface area contributed by atoms with Crippen molar-refractivity contribution in [1.29, 1.82) is 0 Å². The lowest BCUT2D eigenvalue weighted by atomic mass is 10.2. The second-order valence-electron chi connectivity index (χ2n) is 3.83. The lowest BCUT2D eigenvalue weighted by Gasteiger charge is -1.99. The SMILES string of the molecule is COc1cnc2cc(-c3ccncc3N)oc2c1. The number of nitrogens with zero attached hydrogens (tertiary/aromatic N) is 2. The molecule has 5 nitrogen and oxygen atoms in total. The number of furan rings is 1. The number of pyridine rings is 2. The normalized spacial score (nSPS) is 10.7. The van der Waals surface area contributed by atoms with Crippen LogP contribution in [0.2, 0.25) is 0 Å². The maximum absolute atomic E-state index is 5.86. The average molecular weight is 241 g/mol. The largest absolute Gasteiger partial charge is 0.495 e. The second kappa shape index (κ2) is 4.03. The molecule has 0 aliphatic heterocycles. The van der Waals surface area contributed by atoms with Crippen LogP contribution in [0.5, 0.6) is 5.75 Å². The lowest BCUT2D eigenvalue weighted by molar-refractivity contribution is 0.413. The summed E-state index contributed by atoms with van der Waals surface area (Å²) in [5.41, 5.74) is 8.68. The summed E-state index contributed by atoms with van der Waals surface area (Å²) < 4.78 is 10.8. The Morgan fingerprint density at radius 3 is 2.94 bits per heavy atom. The van der Waals surface area contributed by atoms with Gasteiger partial charge in [0.05, 0.1) is 25.2 Å². The molecule has 0 saturated heterocycles. The number of hydrogen-bond donors (Lipinski definition) is 1. The molecular formula is C13H11N3O2. The number of nitrogen functional groups attached to an aromatic ring is 1. The van der Waals surface area contributed by atoms with Crippen molar-refractivity contribution < 1.29 is 9.15 Å². The van der Waals surface area contributed by atoms with Gasteiger partial charge in [-0.05, 0) is 6.07 Å². The van der Waals surface area contributed by atoms with Crippen LogP contribution in [0, 0.1) is 0 Å². The maximum Gasteiger partial charge on any atom is 0.156 e. The van der Waals surface area contributed by atoms with E-state index in [1.165, 1.54) is 0 Å². The van der Waals surface area contributed by atoms with Gasteiger partial charge >= 0.3 is 0 Å². The predicted octanol–water partition coefficient (Wildman–Crippen LogP) is 2.48. The third-order valence-corrected chi connectivity index (χ3v) is 2.70. The van der Waals surface area contributed by atoms with Gasteiger partial charge in [0, 0.05) is 23.9 Å². The van der Waals surface area contributed by atoms with Crippen molar-refractivity contribution in [3.05, 3.63) is 36.8 Å². The Hall–Kier alpha value is -2.56. The summed E-state index contributed by atoms with van der Waals surface area (Å²) in [5.74, 6) is 1.33. The molecule has 3 aromatic heterocycles. The molecular weight excluding hydrogens is 230 g/mol. The summed E-state index contributed by atoms with van der Waals surface area (Å²) in [6.45, 7) is 0. The highest BCUT2D eigenvalue weighted by molar-refractivity contribution is 5.83. The molecule has 0 fully saturated rings. The van der Waals surface area contributed by atoms with E-state index in [2.05, 4.69) is 9.97 Å². The van der Waals surface area contributed by atoms with Gasteiger partial charge in [-0.1, -0.05) is 0 Å². The van der Waals surface area contributed by atoms with E-state index in [0.29, 0.717) is 22.8 Å². The van der Waals surface area contributed by atoms with Crippen LogP contribution in [0.4, 0.5) is 5.69 Å². The number of ether oxygens (including phenoxy) is 1. The summed E-state index contributed by atoms with van der Waals surface area (Å²) in [5, 5.41) is 0. The molecule has 3 aromatic rings. The van der Waals surface area contributed by atoms with Crippen LogP contribution in [-0.4, -0.2) is 17.1 Å². The molecule has 0 aliphatic carbocycles. The fourth-order valence-corrected chi connectivity index (χ4v) is 1.77. The molecule has 0 radical (unpaired) electrons.